The first kappa shape index (κ1) is 17.1. The molecule has 7 rings (SSSR count). The summed E-state index contributed by atoms with van der Waals surface area (Å²) < 4.78 is 4.32. The van der Waals surface area contributed by atoms with Gasteiger partial charge in [-0.2, -0.15) is 0 Å². The van der Waals surface area contributed by atoms with E-state index in [-0.39, 0.29) is 0 Å². The molecule has 0 spiro atoms. The number of pyridine rings is 5. The smallest absolute Gasteiger partial charge is 0.116 e. The zero-order valence-corrected chi connectivity index (χ0v) is 16.8. The first-order chi connectivity index (χ1) is 15.9. The second kappa shape index (κ2) is 6.42. The highest BCUT2D eigenvalue weighted by Crippen LogP contribution is 2.35. The largest absolute Gasteiger partial charge is 0.304 e. The van der Waals surface area contributed by atoms with Gasteiger partial charge in [-0.25, -0.2) is 4.98 Å². The highest BCUT2D eigenvalue weighted by atomic mass is 15.1. The first-order valence-corrected chi connectivity index (χ1v) is 10.3. The topological polar surface area (TPSA) is 74.3 Å². The SMILES string of the molecule is c1cncc(-n2c3cccnc3c3nc4c5ncccc5n(-c5cccnc5)c4cc32)c1. The molecule has 7 aromatic rings. The van der Waals surface area contributed by atoms with E-state index in [0.29, 0.717) is 0 Å². The molecule has 0 aliphatic carbocycles. The van der Waals surface area contributed by atoms with Crippen molar-refractivity contribution in [3.05, 3.63) is 91.8 Å². The Labute approximate surface area is 181 Å². The maximum absolute atomic E-state index is 5.12. The molecule has 0 aromatic carbocycles. The molecule has 0 saturated heterocycles. The maximum atomic E-state index is 5.12. The van der Waals surface area contributed by atoms with Crippen LogP contribution in [-0.2, 0) is 0 Å². The van der Waals surface area contributed by atoms with E-state index < -0.39 is 0 Å². The van der Waals surface area contributed by atoms with Crippen LogP contribution in [0.2, 0.25) is 0 Å². The van der Waals surface area contributed by atoms with Crippen LogP contribution in [0.1, 0.15) is 0 Å². The van der Waals surface area contributed by atoms with Crippen LogP contribution in [-0.4, -0.2) is 34.1 Å². The summed E-state index contributed by atoms with van der Waals surface area (Å²) in [5, 5.41) is 0. The lowest BCUT2D eigenvalue weighted by atomic mass is 10.3. The third-order valence-corrected chi connectivity index (χ3v) is 5.78. The van der Waals surface area contributed by atoms with Crippen molar-refractivity contribution in [2.24, 2.45) is 0 Å². The molecule has 0 saturated carbocycles. The number of rotatable bonds is 2. The molecule has 0 aliphatic rings. The summed E-state index contributed by atoms with van der Waals surface area (Å²) in [6.07, 6.45) is 10.9. The molecular formula is C25H15N7. The molecule has 150 valence electrons. The van der Waals surface area contributed by atoms with Crippen molar-refractivity contribution in [3.8, 4) is 11.4 Å². The van der Waals surface area contributed by atoms with Crippen LogP contribution in [0.15, 0.2) is 91.8 Å². The first-order valence-electron chi connectivity index (χ1n) is 10.3. The van der Waals surface area contributed by atoms with E-state index >= 15 is 0 Å². The maximum Gasteiger partial charge on any atom is 0.116 e. The standard InChI is InChI=1S/C25H15N7/c1-5-16(14-26-9-1)31-18-7-3-11-28-22(18)24-20(31)13-21-25(30-24)23-19(8-4-12-29-23)32(21)17-6-2-10-27-15-17/h1-15H. The molecule has 0 aliphatic heterocycles. The summed E-state index contributed by atoms with van der Waals surface area (Å²) in [5.74, 6) is 0. The predicted molar refractivity (Wildman–Crippen MR) is 124 cm³/mol. The summed E-state index contributed by atoms with van der Waals surface area (Å²) in [4.78, 5) is 23.1. The Morgan fingerprint density at radius 2 is 1.00 bits per heavy atom. The van der Waals surface area contributed by atoms with Crippen molar-refractivity contribution < 1.29 is 0 Å². The molecule has 0 bridgehead atoms. The van der Waals surface area contributed by atoms with E-state index in [9.17, 15) is 0 Å². The van der Waals surface area contributed by atoms with Gasteiger partial charge in [0.15, 0.2) is 0 Å². The van der Waals surface area contributed by atoms with Gasteiger partial charge in [0, 0.05) is 24.8 Å². The summed E-state index contributed by atoms with van der Waals surface area (Å²) in [6.45, 7) is 0. The monoisotopic (exact) mass is 413 g/mol. The van der Waals surface area contributed by atoms with Gasteiger partial charge >= 0.3 is 0 Å². The van der Waals surface area contributed by atoms with E-state index in [1.807, 2.05) is 48.8 Å². The van der Waals surface area contributed by atoms with Gasteiger partial charge in [-0.15, -0.1) is 0 Å². The third-order valence-electron chi connectivity index (χ3n) is 5.78. The lowest BCUT2D eigenvalue weighted by Gasteiger charge is -2.08. The van der Waals surface area contributed by atoms with E-state index in [0.717, 1.165) is 55.5 Å². The predicted octanol–water partition coefficient (Wildman–Crippen LogP) is 4.86. The highest BCUT2D eigenvalue weighted by molar-refractivity contribution is 6.13. The molecule has 32 heavy (non-hydrogen) atoms. The Morgan fingerprint density at radius 1 is 0.500 bits per heavy atom. The molecule has 0 atom stereocenters. The van der Waals surface area contributed by atoms with Crippen LogP contribution in [0.5, 0.6) is 0 Å². The van der Waals surface area contributed by atoms with Crippen LogP contribution in [0.3, 0.4) is 0 Å². The third kappa shape index (κ3) is 2.27. The average Bonchev–Trinajstić information content (AvgIpc) is 3.36. The fraction of sp³-hybridized carbons (Fsp3) is 0. The Kier molecular flexibility index (Phi) is 3.43. The zero-order chi connectivity index (χ0) is 21.1. The van der Waals surface area contributed by atoms with Gasteiger partial charge in [0.25, 0.3) is 0 Å². The van der Waals surface area contributed by atoms with Gasteiger partial charge in [-0.3, -0.25) is 19.9 Å². The number of fused-ring (bicyclic) bond motifs is 6. The molecule has 7 heterocycles. The van der Waals surface area contributed by atoms with Crippen molar-refractivity contribution in [1.29, 1.82) is 0 Å². The van der Waals surface area contributed by atoms with E-state index in [4.69, 9.17) is 4.98 Å². The Morgan fingerprint density at radius 3 is 1.47 bits per heavy atom. The molecule has 0 amide bonds. The fourth-order valence-electron chi connectivity index (χ4n) is 4.49. The van der Waals surface area contributed by atoms with Crippen molar-refractivity contribution in [2.75, 3.05) is 0 Å². The average molecular weight is 413 g/mol. The molecule has 0 unspecified atom stereocenters. The second-order valence-electron chi connectivity index (χ2n) is 7.56. The quantitative estimate of drug-likeness (QED) is 0.405. The normalized spacial score (nSPS) is 11.8. The lowest BCUT2D eigenvalue weighted by Crippen LogP contribution is -1.97. The van der Waals surface area contributed by atoms with E-state index in [1.54, 1.807) is 24.8 Å². The minimum absolute atomic E-state index is 0.841. The van der Waals surface area contributed by atoms with Crippen LogP contribution < -0.4 is 0 Å². The van der Waals surface area contributed by atoms with Gasteiger partial charge in [0.2, 0.25) is 0 Å². The van der Waals surface area contributed by atoms with Gasteiger partial charge < -0.3 is 9.13 Å². The molecule has 7 aromatic heterocycles. The number of aromatic nitrogens is 7. The van der Waals surface area contributed by atoms with Gasteiger partial charge in [0.05, 0.1) is 45.8 Å². The Bertz CT molecular complexity index is 1640. The zero-order valence-electron chi connectivity index (χ0n) is 16.8. The summed E-state index contributed by atoms with van der Waals surface area (Å²) in [6, 6.07) is 18.1. The number of hydrogen-bond donors (Lipinski definition) is 0. The van der Waals surface area contributed by atoms with Crippen LogP contribution in [0.25, 0.3) is 55.5 Å². The highest BCUT2D eigenvalue weighted by Gasteiger charge is 2.20. The molecule has 0 radical (unpaired) electrons. The summed E-state index contributed by atoms with van der Waals surface area (Å²) in [5.41, 5.74) is 9.22. The van der Waals surface area contributed by atoms with Gasteiger partial charge in [-0.1, -0.05) is 0 Å². The second-order valence-corrected chi connectivity index (χ2v) is 7.56. The van der Waals surface area contributed by atoms with E-state index in [1.165, 1.54) is 0 Å². The minimum atomic E-state index is 0.841. The van der Waals surface area contributed by atoms with Gasteiger partial charge in [0.1, 0.15) is 22.1 Å². The molecule has 0 fully saturated rings. The van der Waals surface area contributed by atoms with Crippen LogP contribution >= 0.6 is 0 Å². The summed E-state index contributed by atoms with van der Waals surface area (Å²) in [7, 11) is 0. The van der Waals surface area contributed by atoms with Crippen molar-refractivity contribution >= 4 is 44.1 Å². The van der Waals surface area contributed by atoms with Crippen molar-refractivity contribution in [3.63, 3.8) is 0 Å². The van der Waals surface area contributed by atoms with Crippen LogP contribution in [0.4, 0.5) is 0 Å². The molecule has 7 heteroatoms. The van der Waals surface area contributed by atoms with Crippen molar-refractivity contribution in [1.82, 2.24) is 34.1 Å². The molecule has 0 N–H and O–H groups in total. The van der Waals surface area contributed by atoms with Crippen LogP contribution in [0, 0.1) is 0 Å². The van der Waals surface area contributed by atoms with Gasteiger partial charge in [-0.05, 0) is 54.6 Å². The lowest BCUT2D eigenvalue weighted by molar-refractivity contribution is 1.12. The molecule has 7 nitrogen and oxygen atoms in total. The Hall–Kier alpha value is -4.65. The summed E-state index contributed by atoms with van der Waals surface area (Å²) >= 11 is 0. The number of hydrogen-bond acceptors (Lipinski definition) is 5. The fourth-order valence-corrected chi connectivity index (χ4v) is 4.49. The van der Waals surface area contributed by atoms with Crippen molar-refractivity contribution in [2.45, 2.75) is 0 Å². The minimum Gasteiger partial charge on any atom is -0.304 e. The Balaban J connectivity index is 1.71. The molecular weight excluding hydrogens is 398 g/mol. The van der Waals surface area contributed by atoms with E-state index in [2.05, 4.69) is 47.3 Å². The number of nitrogens with zero attached hydrogens (tertiary/aromatic N) is 7.